The molecule has 1 aliphatic carbocycles. The Morgan fingerprint density at radius 3 is 2.94 bits per heavy atom. The van der Waals surface area contributed by atoms with E-state index in [1.165, 1.54) is 0 Å². The molecule has 0 unspecified atom stereocenters. The van der Waals surface area contributed by atoms with Crippen LogP contribution in [0.2, 0.25) is 0 Å². The van der Waals surface area contributed by atoms with Gasteiger partial charge in [0.15, 0.2) is 0 Å². The lowest BCUT2D eigenvalue weighted by Gasteiger charge is -2.21. The van der Waals surface area contributed by atoms with E-state index < -0.39 is 0 Å². The molecule has 1 saturated carbocycles. The van der Waals surface area contributed by atoms with Crippen molar-refractivity contribution in [3.8, 4) is 0 Å². The van der Waals surface area contributed by atoms with Gasteiger partial charge in [-0.15, -0.1) is 0 Å². The van der Waals surface area contributed by atoms with Crippen LogP contribution in [0.5, 0.6) is 0 Å². The molecule has 17 heavy (non-hydrogen) atoms. The van der Waals surface area contributed by atoms with Crippen molar-refractivity contribution < 1.29 is 9.21 Å². The summed E-state index contributed by atoms with van der Waals surface area (Å²) >= 11 is 0. The van der Waals surface area contributed by atoms with Crippen molar-refractivity contribution in [2.24, 2.45) is 0 Å². The zero-order valence-electron chi connectivity index (χ0n) is 10.5. The average molecular weight is 236 g/mol. The third-order valence-electron chi connectivity index (χ3n) is 3.18. The Morgan fingerprint density at radius 2 is 2.41 bits per heavy atom. The zero-order chi connectivity index (χ0) is 12.3. The number of hydrogen-bond donors (Lipinski definition) is 1. The second-order valence-corrected chi connectivity index (χ2v) is 4.53. The molecule has 0 bridgehead atoms. The molecule has 0 aromatic carbocycles. The summed E-state index contributed by atoms with van der Waals surface area (Å²) in [5.74, 6) is 1.06. The van der Waals surface area contributed by atoms with Crippen molar-refractivity contribution in [1.29, 1.82) is 0 Å². The first-order valence-electron chi connectivity index (χ1n) is 6.28. The maximum atomic E-state index is 12.0. The van der Waals surface area contributed by atoms with Gasteiger partial charge in [-0.1, -0.05) is 0 Å². The van der Waals surface area contributed by atoms with Gasteiger partial charge in [-0.3, -0.25) is 10.1 Å². The molecule has 0 radical (unpaired) electrons. The van der Waals surface area contributed by atoms with Crippen molar-refractivity contribution >= 4 is 5.91 Å². The Hall–Kier alpha value is -1.29. The molecule has 1 atom stereocenters. The van der Waals surface area contributed by atoms with Crippen molar-refractivity contribution in [3.05, 3.63) is 24.2 Å². The number of carbonyl (C=O) groups is 1. The van der Waals surface area contributed by atoms with Crippen molar-refractivity contribution in [2.75, 3.05) is 13.1 Å². The van der Waals surface area contributed by atoms with Gasteiger partial charge in [0.05, 0.1) is 18.8 Å². The van der Waals surface area contributed by atoms with Gasteiger partial charge in [0.25, 0.3) is 0 Å². The van der Waals surface area contributed by atoms with Crippen molar-refractivity contribution in [2.45, 2.75) is 38.8 Å². The summed E-state index contributed by atoms with van der Waals surface area (Å²) in [5, 5.41) is 3.20. The zero-order valence-corrected chi connectivity index (χ0v) is 10.5. The third-order valence-corrected chi connectivity index (χ3v) is 3.18. The molecule has 1 N–H and O–H groups in total. The monoisotopic (exact) mass is 236 g/mol. The summed E-state index contributed by atoms with van der Waals surface area (Å²) in [6.45, 7) is 5.22. The minimum Gasteiger partial charge on any atom is -0.468 e. The fourth-order valence-electron chi connectivity index (χ4n) is 2.00. The first-order valence-corrected chi connectivity index (χ1v) is 6.28. The molecule has 4 nitrogen and oxygen atoms in total. The van der Waals surface area contributed by atoms with E-state index in [2.05, 4.69) is 5.32 Å². The summed E-state index contributed by atoms with van der Waals surface area (Å²) in [6, 6.07) is 4.35. The van der Waals surface area contributed by atoms with Gasteiger partial charge in [0.1, 0.15) is 5.76 Å². The predicted molar refractivity (Wildman–Crippen MR) is 65.5 cm³/mol. The van der Waals surface area contributed by atoms with E-state index in [0.29, 0.717) is 12.6 Å². The van der Waals surface area contributed by atoms with Crippen LogP contribution in [-0.4, -0.2) is 29.9 Å². The summed E-state index contributed by atoms with van der Waals surface area (Å²) in [7, 11) is 0. The fraction of sp³-hybridized carbons (Fsp3) is 0.615. The normalized spacial score (nSPS) is 16.8. The highest BCUT2D eigenvalue weighted by molar-refractivity contribution is 5.78. The van der Waals surface area contributed by atoms with Crippen LogP contribution in [0, 0.1) is 0 Å². The van der Waals surface area contributed by atoms with Crippen LogP contribution in [-0.2, 0) is 4.79 Å². The third kappa shape index (κ3) is 3.09. The topological polar surface area (TPSA) is 45.5 Å². The standard InChI is InChI=1S/C13H20N2O2/c1-3-15(11-6-7-11)13(16)9-14-10(2)12-5-4-8-17-12/h4-5,8,10-11,14H,3,6-7,9H2,1-2H3/t10-/m0/s1. The molecular weight excluding hydrogens is 216 g/mol. The highest BCUT2D eigenvalue weighted by Crippen LogP contribution is 2.26. The first kappa shape index (κ1) is 12.2. The number of rotatable bonds is 6. The molecule has 0 spiro atoms. The van der Waals surface area contributed by atoms with E-state index in [0.717, 1.165) is 25.1 Å². The second-order valence-electron chi connectivity index (χ2n) is 4.53. The van der Waals surface area contributed by atoms with Crippen LogP contribution in [0.25, 0.3) is 0 Å². The Kier molecular flexibility index (Phi) is 3.84. The number of likely N-dealkylation sites (N-methyl/N-ethyl adjacent to an activating group) is 1. The van der Waals surface area contributed by atoms with Crippen LogP contribution < -0.4 is 5.32 Å². The average Bonchev–Trinajstić information content (AvgIpc) is 3.00. The summed E-state index contributed by atoms with van der Waals surface area (Å²) in [4.78, 5) is 13.9. The highest BCUT2D eigenvalue weighted by Gasteiger charge is 2.31. The lowest BCUT2D eigenvalue weighted by Crippen LogP contribution is -2.40. The van der Waals surface area contributed by atoms with Crippen molar-refractivity contribution in [1.82, 2.24) is 10.2 Å². The van der Waals surface area contributed by atoms with Crippen molar-refractivity contribution in [3.63, 3.8) is 0 Å². The molecule has 4 heteroatoms. The predicted octanol–water partition coefficient (Wildman–Crippen LogP) is 1.94. The Morgan fingerprint density at radius 1 is 1.65 bits per heavy atom. The van der Waals surface area contributed by atoms with E-state index in [1.54, 1.807) is 6.26 Å². The molecular formula is C13H20N2O2. The minimum absolute atomic E-state index is 0.0758. The van der Waals surface area contributed by atoms with Gasteiger partial charge in [0, 0.05) is 12.6 Å². The van der Waals surface area contributed by atoms with E-state index >= 15 is 0 Å². The van der Waals surface area contributed by atoms with Gasteiger partial charge >= 0.3 is 0 Å². The number of carbonyl (C=O) groups excluding carboxylic acids is 1. The van der Waals surface area contributed by atoms with Gasteiger partial charge in [-0.2, -0.15) is 0 Å². The van der Waals surface area contributed by atoms with E-state index in [1.807, 2.05) is 30.9 Å². The Balaban J connectivity index is 1.79. The molecule has 0 aliphatic heterocycles. The van der Waals surface area contributed by atoms with Gasteiger partial charge in [-0.25, -0.2) is 0 Å². The molecule has 1 heterocycles. The molecule has 1 aromatic heterocycles. The Bertz CT molecular complexity index is 358. The summed E-state index contributed by atoms with van der Waals surface area (Å²) < 4.78 is 5.29. The van der Waals surface area contributed by atoms with Gasteiger partial charge in [0.2, 0.25) is 5.91 Å². The van der Waals surface area contributed by atoms with E-state index in [-0.39, 0.29) is 11.9 Å². The summed E-state index contributed by atoms with van der Waals surface area (Å²) in [6.07, 6.45) is 3.97. The van der Waals surface area contributed by atoms with Gasteiger partial charge in [-0.05, 0) is 38.8 Å². The second kappa shape index (κ2) is 5.36. The largest absolute Gasteiger partial charge is 0.468 e. The molecule has 1 aliphatic rings. The van der Waals surface area contributed by atoms with Crippen LogP contribution >= 0.6 is 0 Å². The molecule has 1 amide bonds. The smallest absolute Gasteiger partial charge is 0.236 e. The quantitative estimate of drug-likeness (QED) is 0.821. The molecule has 1 aromatic rings. The summed E-state index contributed by atoms with van der Waals surface area (Å²) in [5.41, 5.74) is 0. The van der Waals surface area contributed by atoms with Crippen LogP contribution in [0.1, 0.15) is 38.5 Å². The minimum atomic E-state index is 0.0758. The van der Waals surface area contributed by atoms with Gasteiger partial charge < -0.3 is 9.32 Å². The van der Waals surface area contributed by atoms with E-state index in [4.69, 9.17) is 4.42 Å². The molecule has 1 fully saturated rings. The first-order chi connectivity index (χ1) is 8.22. The SMILES string of the molecule is CCN(C(=O)CN[C@@H](C)c1ccco1)C1CC1. The number of nitrogens with zero attached hydrogens (tertiary/aromatic N) is 1. The maximum absolute atomic E-state index is 12.0. The molecule has 94 valence electrons. The number of furan rings is 1. The van der Waals surface area contributed by atoms with Crippen LogP contribution in [0.15, 0.2) is 22.8 Å². The Labute approximate surface area is 102 Å². The van der Waals surface area contributed by atoms with E-state index in [9.17, 15) is 4.79 Å². The maximum Gasteiger partial charge on any atom is 0.236 e. The van der Waals surface area contributed by atoms with Crippen LogP contribution in [0.3, 0.4) is 0 Å². The molecule has 0 saturated heterocycles. The lowest BCUT2D eigenvalue weighted by atomic mass is 10.2. The number of nitrogens with one attached hydrogen (secondary N) is 1. The number of hydrogen-bond acceptors (Lipinski definition) is 3. The van der Waals surface area contributed by atoms with Crippen LogP contribution in [0.4, 0.5) is 0 Å². The lowest BCUT2D eigenvalue weighted by molar-refractivity contribution is -0.130. The highest BCUT2D eigenvalue weighted by atomic mass is 16.3. The number of amides is 1. The fourth-order valence-corrected chi connectivity index (χ4v) is 2.00. The molecule has 2 rings (SSSR count).